The third kappa shape index (κ3) is 3.73. The lowest BCUT2D eigenvalue weighted by Gasteiger charge is -2.37. The van der Waals surface area contributed by atoms with Crippen LogP contribution in [0.2, 0.25) is 0 Å². The molecule has 0 aliphatic carbocycles. The molecule has 20 heavy (non-hydrogen) atoms. The third-order valence-corrected chi connectivity index (χ3v) is 4.18. The summed E-state index contributed by atoms with van der Waals surface area (Å²) in [4.78, 5) is 13.4. The lowest BCUT2D eigenvalue weighted by molar-refractivity contribution is -0.145. The quantitative estimate of drug-likeness (QED) is 0.868. The molecule has 4 nitrogen and oxygen atoms in total. The van der Waals surface area contributed by atoms with Crippen molar-refractivity contribution in [1.82, 2.24) is 4.90 Å². The van der Waals surface area contributed by atoms with Gasteiger partial charge in [-0.25, -0.2) is 0 Å². The summed E-state index contributed by atoms with van der Waals surface area (Å²) in [6, 6.07) is 7.19. The average Bonchev–Trinajstić information content (AvgIpc) is 2.46. The zero-order chi connectivity index (χ0) is 14.5. The summed E-state index contributed by atoms with van der Waals surface area (Å²) < 4.78 is 0. The van der Waals surface area contributed by atoms with Gasteiger partial charge in [0, 0.05) is 6.04 Å². The number of carbonyl (C=O) groups is 1. The number of aromatic hydroxyl groups is 1. The Morgan fingerprint density at radius 2 is 2.05 bits per heavy atom. The summed E-state index contributed by atoms with van der Waals surface area (Å²) in [6.45, 7) is 3.00. The highest BCUT2D eigenvalue weighted by Crippen LogP contribution is 2.22. The number of carboxylic acids is 1. The van der Waals surface area contributed by atoms with Crippen LogP contribution in [-0.2, 0) is 11.2 Å². The lowest BCUT2D eigenvalue weighted by atomic mass is 9.97. The fourth-order valence-electron chi connectivity index (χ4n) is 2.95. The van der Waals surface area contributed by atoms with E-state index in [2.05, 4.69) is 11.8 Å². The van der Waals surface area contributed by atoms with Crippen molar-refractivity contribution in [3.05, 3.63) is 29.8 Å². The Labute approximate surface area is 120 Å². The fourth-order valence-corrected chi connectivity index (χ4v) is 2.95. The number of aryl methyl sites for hydroxylation is 1. The molecule has 0 aromatic heterocycles. The summed E-state index contributed by atoms with van der Waals surface area (Å²) in [7, 11) is 0. The second-order valence-corrected chi connectivity index (χ2v) is 5.64. The van der Waals surface area contributed by atoms with Gasteiger partial charge in [0.2, 0.25) is 0 Å². The standard InChI is InChI=1S/C16H23NO3/c1-12(5-6-13-7-9-14(18)10-8-13)17-11-3-2-4-15(17)16(19)20/h7-10,12,15,18H,2-6,11H2,1H3,(H,19,20). The molecule has 1 heterocycles. The van der Waals surface area contributed by atoms with Gasteiger partial charge in [0.15, 0.2) is 0 Å². The molecule has 2 unspecified atom stereocenters. The second kappa shape index (κ2) is 6.75. The van der Waals surface area contributed by atoms with Crippen LogP contribution in [0.5, 0.6) is 5.75 Å². The number of benzene rings is 1. The molecule has 4 heteroatoms. The van der Waals surface area contributed by atoms with Gasteiger partial charge in [-0.3, -0.25) is 9.69 Å². The monoisotopic (exact) mass is 277 g/mol. The van der Waals surface area contributed by atoms with E-state index in [1.165, 1.54) is 5.56 Å². The Bertz CT molecular complexity index is 444. The van der Waals surface area contributed by atoms with Crippen molar-refractivity contribution in [3.63, 3.8) is 0 Å². The van der Waals surface area contributed by atoms with Crippen LogP contribution in [0, 0.1) is 0 Å². The van der Waals surface area contributed by atoms with Gasteiger partial charge in [0.05, 0.1) is 0 Å². The van der Waals surface area contributed by atoms with Crippen LogP contribution in [0.1, 0.15) is 38.2 Å². The minimum absolute atomic E-state index is 0.269. The second-order valence-electron chi connectivity index (χ2n) is 5.64. The first-order valence-corrected chi connectivity index (χ1v) is 7.34. The van der Waals surface area contributed by atoms with E-state index in [1.807, 2.05) is 12.1 Å². The Hall–Kier alpha value is -1.55. The zero-order valence-electron chi connectivity index (χ0n) is 12.0. The Kier molecular flexibility index (Phi) is 5.01. The molecule has 110 valence electrons. The number of aliphatic carboxylic acids is 1. The van der Waals surface area contributed by atoms with Gasteiger partial charge in [-0.2, -0.15) is 0 Å². The minimum atomic E-state index is -0.693. The maximum absolute atomic E-state index is 11.3. The molecule has 1 aromatic rings. The maximum atomic E-state index is 11.3. The van der Waals surface area contributed by atoms with Crippen molar-refractivity contribution >= 4 is 5.97 Å². The SMILES string of the molecule is CC(CCc1ccc(O)cc1)N1CCCCC1C(=O)O. The molecule has 1 fully saturated rings. The van der Waals surface area contributed by atoms with Gasteiger partial charge in [-0.15, -0.1) is 0 Å². The molecule has 1 saturated heterocycles. The molecule has 0 spiro atoms. The number of likely N-dealkylation sites (tertiary alicyclic amines) is 1. The molecule has 1 aliphatic heterocycles. The van der Waals surface area contributed by atoms with Crippen molar-refractivity contribution < 1.29 is 15.0 Å². The molecule has 1 aliphatic rings. The van der Waals surface area contributed by atoms with Crippen molar-refractivity contribution in [3.8, 4) is 5.75 Å². The van der Waals surface area contributed by atoms with Crippen molar-refractivity contribution in [2.75, 3.05) is 6.54 Å². The maximum Gasteiger partial charge on any atom is 0.320 e. The Morgan fingerprint density at radius 1 is 1.35 bits per heavy atom. The molecule has 2 atom stereocenters. The van der Waals surface area contributed by atoms with Crippen LogP contribution < -0.4 is 0 Å². The van der Waals surface area contributed by atoms with E-state index < -0.39 is 5.97 Å². The molecule has 2 rings (SSSR count). The third-order valence-electron chi connectivity index (χ3n) is 4.18. The zero-order valence-corrected chi connectivity index (χ0v) is 12.0. The van der Waals surface area contributed by atoms with Gasteiger partial charge < -0.3 is 10.2 Å². The predicted molar refractivity (Wildman–Crippen MR) is 77.9 cm³/mol. The highest BCUT2D eigenvalue weighted by atomic mass is 16.4. The summed E-state index contributed by atoms with van der Waals surface area (Å²) in [5.74, 6) is -0.412. The Morgan fingerprint density at radius 3 is 2.70 bits per heavy atom. The van der Waals surface area contributed by atoms with E-state index in [-0.39, 0.29) is 17.8 Å². The molecule has 1 aromatic carbocycles. The number of piperidine rings is 1. The van der Waals surface area contributed by atoms with Crippen molar-refractivity contribution in [1.29, 1.82) is 0 Å². The van der Waals surface area contributed by atoms with E-state index >= 15 is 0 Å². The minimum Gasteiger partial charge on any atom is -0.508 e. The number of hydrogen-bond donors (Lipinski definition) is 2. The van der Waals surface area contributed by atoms with E-state index in [9.17, 15) is 15.0 Å². The number of rotatable bonds is 5. The number of carboxylic acid groups (broad SMARTS) is 1. The number of nitrogens with zero attached hydrogens (tertiary/aromatic N) is 1. The normalized spacial score (nSPS) is 21.6. The highest BCUT2D eigenvalue weighted by Gasteiger charge is 2.31. The van der Waals surface area contributed by atoms with Gasteiger partial charge in [0.25, 0.3) is 0 Å². The van der Waals surface area contributed by atoms with Gasteiger partial charge in [-0.1, -0.05) is 18.6 Å². The van der Waals surface area contributed by atoms with E-state index in [4.69, 9.17) is 0 Å². The van der Waals surface area contributed by atoms with Crippen LogP contribution in [0.4, 0.5) is 0 Å². The Balaban J connectivity index is 1.91. The average molecular weight is 277 g/mol. The molecule has 0 radical (unpaired) electrons. The fraction of sp³-hybridized carbons (Fsp3) is 0.562. The number of phenols is 1. The summed E-state index contributed by atoms with van der Waals surface area (Å²) in [6.07, 6.45) is 4.71. The molecular formula is C16H23NO3. The first kappa shape index (κ1) is 14.9. The van der Waals surface area contributed by atoms with Gasteiger partial charge >= 0.3 is 5.97 Å². The van der Waals surface area contributed by atoms with Crippen LogP contribution >= 0.6 is 0 Å². The van der Waals surface area contributed by atoms with Crippen LogP contribution in [0.3, 0.4) is 0 Å². The van der Waals surface area contributed by atoms with Crippen molar-refractivity contribution in [2.45, 2.75) is 51.1 Å². The van der Waals surface area contributed by atoms with Gasteiger partial charge in [-0.05, 0) is 56.8 Å². The first-order valence-electron chi connectivity index (χ1n) is 7.34. The largest absolute Gasteiger partial charge is 0.508 e. The molecular weight excluding hydrogens is 254 g/mol. The van der Waals surface area contributed by atoms with E-state index in [0.717, 1.165) is 38.6 Å². The molecule has 2 N–H and O–H groups in total. The topological polar surface area (TPSA) is 60.8 Å². The smallest absolute Gasteiger partial charge is 0.320 e. The van der Waals surface area contributed by atoms with Crippen molar-refractivity contribution in [2.24, 2.45) is 0 Å². The first-order chi connectivity index (χ1) is 9.58. The van der Waals surface area contributed by atoms with Crippen LogP contribution in [0.25, 0.3) is 0 Å². The van der Waals surface area contributed by atoms with E-state index in [1.54, 1.807) is 12.1 Å². The summed E-state index contributed by atoms with van der Waals surface area (Å²) >= 11 is 0. The highest BCUT2D eigenvalue weighted by molar-refractivity contribution is 5.73. The predicted octanol–water partition coefficient (Wildman–Crippen LogP) is 2.65. The molecule has 0 bridgehead atoms. The summed E-state index contributed by atoms with van der Waals surface area (Å²) in [5, 5.41) is 18.6. The van der Waals surface area contributed by atoms with E-state index in [0.29, 0.717) is 0 Å². The van der Waals surface area contributed by atoms with Crippen LogP contribution in [-0.4, -0.2) is 39.7 Å². The number of phenolic OH excluding ortho intramolecular Hbond substituents is 1. The molecule has 0 amide bonds. The summed E-state index contributed by atoms with van der Waals surface area (Å²) in [5.41, 5.74) is 1.18. The van der Waals surface area contributed by atoms with Gasteiger partial charge in [0.1, 0.15) is 11.8 Å². The molecule has 0 saturated carbocycles. The number of hydrogen-bond acceptors (Lipinski definition) is 3. The van der Waals surface area contributed by atoms with Crippen LogP contribution in [0.15, 0.2) is 24.3 Å². The lowest BCUT2D eigenvalue weighted by Crippen LogP contribution is -2.49.